The quantitative estimate of drug-likeness (QED) is 0.470. The van der Waals surface area contributed by atoms with Gasteiger partial charge in [0, 0.05) is 12.1 Å². The number of hydrogen-bond donors (Lipinski definition) is 1. The van der Waals surface area contributed by atoms with Gasteiger partial charge in [-0.3, -0.25) is 10.1 Å². The molecule has 0 aliphatic heterocycles. The fraction of sp³-hybridized carbons (Fsp3) is 0.500. The van der Waals surface area contributed by atoms with Crippen LogP contribution in [0.15, 0.2) is 18.2 Å². The molecule has 0 amide bonds. The highest BCUT2D eigenvalue weighted by atomic mass is 32.1. The molecule has 0 saturated carbocycles. The highest BCUT2D eigenvalue weighted by Gasteiger charge is 2.14. The van der Waals surface area contributed by atoms with Crippen molar-refractivity contribution in [3.05, 3.63) is 34.1 Å². The van der Waals surface area contributed by atoms with Crippen molar-refractivity contribution >= 4 is 18.3 Å². The summed E-state index contributed by atoms with van der Waals surface area (Å²) in [5.74, 6) is 0.760. The summed E-state index contributed by atoms with van der Waals surface area (Å²) < 4.78 is 18.6. The van der Waals surface area contributed by atoms with E-state index in [4.69, 9.17) is 4.74 Å². The highest BCUT2D eigenvalue weighted by molar-refractivity contribution is 7.80. The van der Waals surface area contributed by atoms with E-state index in [1.165, 1.54) is 6.07 Å². The van der Waals surface area contributed by atoms with Crippen LogP contribution in [0.4, 0.5) is 10.1 Å². The Morgan fingerprint density at radius 1 is 1.50 bits per heavy atom. The molecule has 0 fully saturated rings. The van der Waals surface area contributed by atoms with Gasteiger partial charge in [-0.1, -0.05) is 6.92 Å². The lowest BCUT2D eigenvalue weighted by Gasteiger charge is -2.10. The predicted molar refractivity (Wildman–Crippen MR) is 70.8 cm³/mol. The Kier molecular flexibility index (Phi) is 5.91. The van der Waals surface area contributed by atoms with Crippen LogP contribution in [-0.4, -0.2) is 17.3 Å². The van der Waals surface area contributed by atoms with Gasteiger partial charge >= 0.3 is 5.69 Å². The minimum absolute atomic E-state index is 0.316. The molecule has 0 aromatic heterocycles. The topological polar surface area (TPSA) is 52.4 Å². The monoisotopic (exact) mass is 273 g/mol. The van der Waals surface area contributed by atoms with Crippen molar-refractivity contribution in [1.82, 2.24) is 0 Å². The van der Waals surface area contributed by atoms with E-state index in [-0.39, 0.29) is 0 Å². The number of rotatable bonds is 7. The fourth-order valence-corrected chi connectivity index (χ4v) is 1.91. The van der Waals surface area contributed by atoms with Gasteiger partial charge in [-0.05, 0) is 30.6 Å². The van der Waals surface area contributed by atoms with E-state index in [9.17, 15) is 14.5 Å². The number of nitro benzene ring substituents is 1. The van der Waals surface area contributed by atoms with E-state index in [0.717, 1.165) is 30.7 Å². The van der Waals surface area contributed by atoms with E-state index in [1.54, 1.807) is 0 Å². The third kappa shape index (κ3) is 4.52. The van der Waals surface area contributed by atoms with Gasteiger partial charge in [-0.15, -0.1) is 0 Å². The van der Waals surface area contributed by atoms with Gasteiger partial charge in [0.25, 0.3) is 0 Å². The maximum atomic E-state index is 13.3. The Bertz CT molecular complexity index is 414. The van der Waals surface area contributed by atoms with Crippen molar-refractivity contribution in [2.75, 3.05) is 12.4 Å². The molecule has 0 heterocycles. The van der Waals surface area contributed by atoms with Crippen LogP contribution in [0.3, 0.4) is 0 Å². The summed E-state index contributed by atoms with van der Waals surface area (Å²) in [6.07, 6.45) is 1.85. The molecule has 6 heteroatoms. The second kappa shape index (κ2) is 7.20. The lowest BCUT2D eigenvalue weighted by Crippen LogP contribution is -2.05. The standard InChI is InChI=1S/C12H16FNO3S/c1-9(5-7-18)4-6-17-10-2-3-12(14(15)16)11(13)8-10/h2-3,8-9,18H,4-7H2,1H3. The molecular weight excluding hydrogens is 257 g/mol. The van der Waals surface area contributed by atoms with Gasteiger partial charge in [0.2, 0.25) is 5.82 Å². The largest absolute Gasteiger partial charge is 0.493 e. The molecule has 1 aromatic carbocycles. The van der Waals surface area contributed by atoms with Crippen molar-refractivity contribution in [3.8, 4) is 5.75 Å². The number of benzene rings is 1. The number of halogens is 1. The lowest BCUT2D eigenvalue weighted by molar-refractivity contribution is -0.387. The third-order valence-electron chi connectivity index (χ3n) is 2.62. The molecule has 100 valence electrons. The Hall–Kier alpha value is -1.30. The molecule has 1 unspecified atom stereocenters. The van der Waals surface area contributed by atoms with E-state index in [2.05, 4.69) is 19.6 Å². The maximum absolute atomic E-state index is 13.3. The fourth-order valence-electron chi connectivity index (χ4n) is 1.47. The van der Waals surface area contributed by atoms with Crippen LogP contribution < -0.4 is 4.74 Å². The lowest BCUT2D eigenvalue weighted by atomic mass is 10.1. The third-order valence-corrected chi connectivity index (χ3v) is 2.88. The van der Waals surface area contributed by atoms with Crippen molar-refractivity contribution in [2.24, 2.45) is 5.92 Å². The van der Waals surface area contributed by atoms with Crippen LogP contribution >= 0.6 is 12.6 Å². The molecule has 18 heavy (non-hydrogen) atoms. The summed E-state index contributed by atoms with van der Waals surface area (Å²) in [7, 11) is 0. The molecule has 1 aromatic rings. The molecule has 0 aliphatic carbocycles. The highest BCUT2D eigenvalue weighted by Crippen LogP contribution is 2.22. The summed E-state index contributed by atoms with van der Waals surface area (Å²) in [6.45, 7) is 2.56. The Morgan fingerprint density at radius 2 is 2.22 bits per heavy atom. The van der Waals surface area contributed by atoms with Crippen LogP contribution in [0.5, 0.6) is 5.75 Å². The molecule has 0 radical (unpaired) electrons. The molecule has 0 aliphatic rings. The zero-order valence-corrected chi connectivity index (χ0v) is 11.0. The Morgan fingerprint density at radius 3 is 2.78 bits per heavy atom. The molecule has 0 saturated heterocycles. The molecule has 0 spiro atoms. The molecule has 4 nitrogen and oxygen atoms in total. The van der Waals surface area contributed by atoms with Gasteiger partial charge in [-0.2, -0.15) is 17.0 Å². The van der Waals surface area contributed by atoms with Crippen molar-refractivity contribution in [2.45, 2.75) is 19.8 Å². The SMILES string of the molecule is CC(CCS)CCOc1ccc([N+](=O)[O-])c(F)c1. The summed E-state index contributed by atoms with van der Waals surface area (Å²) in [6, 6.07) is 3.56. The number of nitro groups is 1. The maximum Gasteiger partial charge on any atom is 0.305 e. The minimum atomic E-state index is -0.874. The van der Waals surface area contributed by atoms with E-state index in [0.29, 0.717) is 18.3 Å². The summed E-state index contributed by atoms with van der Waals surface area (Å²) in [5.41, 5.74) is -0.536. The first-order chi connectivity index (χ1) is 8.54. The number of nitrogens with zero attached hydrogens (tertiary/aromatic N) is 1. The van der Waals surface area contributed by atoms with Crippen LogP contribution in [0.1, 0.15) is 19.8 Å². The number of hydrogen-bond acceptors (Lipinski definition) is 4. The Balaban J connectivity index is 2.49. The second-order valence-corrected chi connectivity index (χ2v) is 4.57. The van der Waals surface area contributed by atoms with Gasteiger partial charge in [0.05, 0.1) is 11.5 Å². The molecule has 1 atom stereocenters. The van der Waals surface area contributed by atoms with Crippen LogP contribution in [0.25, 0.3) is 0 Å². The van der Waals surface area contributed by atoms with Crippen LogP contribution in [0, 0.1) is 21.8 Å². The van der Waals surface area contributed by atoms with Gasteiger partial charge in [0.1, 0.15) is 5.75 Å². The van der Waals surface area contributed by atoms with Gasteiger partial charge in [0.15, 0.2) is 0 Å². The van der Waals surface area contributed by atoms with E-state index >= 15 is 0 Å². The van der Waals surface area contributed by atoms with Gasteiger partial charge < -0.3 is 4.74 Å². The van der Waals surface area contributed by atoms with Crippen molar-refractivity contribution in [1.29, 1.82) is 0 Å². The zero-order valence-electron chi connectivity index (χ0n) is 10.1. The smallest absolute Gasteiger partial charge is 0.305 e. The second-order valence-electron chi connectivity index (χ2n) is 4.12. The first kappa shape index (κ1) is 14.8. The summed E-state index contributed by atoms with van der Waals surface area (Å²) in [5, 5.41) is 10.4. The van der Waals surface area contributed by atoms with Crippen molar-refractivity contribution < 1.29 is 14.1 Å². The van der Waals surface area contributed by atoms with Gasteiger partial charge in [-0.25, -0.2) is 0 Å². The summed E-state index contributed by atoms with van der Waals surface area (Å²) in [4.78, 5) is 9.67. The van der Waals surface area contributed by atoms with E-state index < -0.39 is 16.4 Å². The zero-order chi connectivity index (χ0) is 13.5. The minimum Gasteiger partial charge on any atom is -0.493 e. The average Bonchev–Trinajstić information content (AvgIpc) is 2.29. The molecule has 0 N–H and O–H groups in total. The average molecular weight is 273 g/mol. The first-order valence-corrected chi connectivity index (χ1v) is 6.35. The first-order valence-electron chi connectivity index (χ1n) is 5.72. The van der Waals surface area contributed by atoms with Crippen molar-refractivity contribution in [3.63, 3.8) is 0 Å². The number of thiol groups is 1. The predicted octanol–water partition coefficient (Wildman–Crippen LogP) is 3.46. The number of ether oxygens (including phenoxy) is 1. The molecule has 1 rings (SSSR count). The molecule has 0 bridgehead atoms. The van der Waals surface area contributed by atoms with E-state index in [1.807, 2.05) is 0 Å². The van der Waals surface area contributed by atoms with Crippen LogP contribution in [0.2, 0.25) is 0 Å². The Labute approximate surface area is 111 Å². The molecular formula is C12H16FNO3S. The van der Waals surface area contributed by atoms with Crippen LogP contribution in [-0.2, 0) is 0 Å². The summed E-state index contributed by atoms with van der Waals surface area (Å²) >= 11 is 4.14. The normalized spacial score (nSPS) is 12.2.